The molecule has 0 aliphatic carbocycles. The molecule has 0 aromatic heterocycles. The molecule has 4 nitrogen and oxygen atoms in total. The van der Waals surface area contributed by atoms with Crippen LogP contribution in [0.2, 0.25) is 0 Å². The summed E-state index contributed by atoms with van der Waals surface area (Å²) < 4.78 is 34.8. The summed E-state index contributed by atoms with van der Waals surface area (Å²) in [6, 6.07) is 9.88. The Morgan fingerprint density at radius 1 is 1.06 bits per heavy atom. The smallest absolute Gasteiger partial charge is 0.264 e. The molecule has 0 saturated heterocycles. The fourth-order valence-corrected chi connectivity index (χ4v) is 2.00. The molecule has 0 aliphatic heterocycles. The molecule has 1 rings (SSSR count). The van der Waals surface area contributed by atoms with Crippen molar-refractivity contribution in [2.24, 2.45) is 0 Å². The van der Waals surface area contributed by atoms with Crippen molar-refractivity contribution in [3.05, 3.63) is 35.9 Å². The van der Waals surface area contributed by atoms with Crippen molar-refractivity contribution >= 4 is 10.1 Å². The SMILES string of the molecule is O=S(=O)(O)CCCCCOCc1ccccc1. The second-order valence-electron chi connectivity index (χ2n) is 3.88. The number of hydrogen-bond donors (Lipinski definition) is 1. The van der Waals surface area contributed by atoms with Crippen molar-refractivity contribution in [3.8, 4) is 0 Å². The Morgan fingerprint density at radius 2 is 1.76 bits per heavy atom. The van der Waals surface area contributed by atoms with Gasteiger partial charge in [0.25, 0.3) is 10.1 Å². The molecule has 0 unspecified atom stereocenters. The standard InChI is InChI=1S/C12H18O4S/c13-17(14,15)10-6-2-5-9-16-11-12-7-3-1-4-8-12/h1,3-4,7-8H,2,5-6,9-11H2,(H,13,14,15). The first kappa shape index (κ1) is 14.2. The fraction of sp³-hybridized carbons (Fsp3) is 0.500. The molecule has 0 radical (unpaired) electrons. The molecule has 0 saturated carbocycles. The molecule has 0 atom stereocenters. The quantitative estimate of drug-likeness (QED) is 0.574. The van der Waals surface area contributed by atoms with Crippen LogP contribution in [0.1, 0.15) is 24.8 Å². The summed E-state index contributed by atoms with van der Waals surface area (Å²) in [7, 11) is -3.80. The van der Waals surface area contributed by atoms with Crippen LogP contribution in [0.4, 0.5) is 0 Å². The van der Waals surface area contributed by atoms with E-state index in [4.69, 9.17) is 9.29 Å². The monoisotopic (exact) mass is 258 g/mol. The van der Waals surface area contributed by atoms with Crippen LogP contribution in [-0.2, 0) is 21.5 Å². The van der Waals surface area contributed by atoms with E-state index in [1.54, 1.807) is 0 Å². The van der Waals surface area contributed by atoms with Gasteiger partial charge in [0, 0.05) is 6.61 Å². The first-order valence-electron chi connectivity index (χ1n) is 5.65. The second kappa shape index (κ2) is 7.42. The minimum atomic E-state index is -3.80. The molecule has 0 spiro atoms. The summed E-state index contributed by atoms with van der Waals surface area (Å²) in [5.41, 5.74) is 1.13. The topological polar surface area (TPSA) is 63.6 Å². The lowest BCUT2D eigenvalue weighted by molar-refractivity contribution is 0.117. The van der Waals surface area contributed by atoms with E-state index in [9.17, 15) is 8.42 Å². The zero-order valence-electron chi connectivity index (χ0n) is 9.71. The van der Waals surface area contributed by atoms with Crippen LogP contribution in [0.5, 0.6) is 0 Å². The maximum Gasteiger partial charge on any atom is 0.264 e. The van der Waals surface area contributed by atoms with Crippen LogP contribution in [0.15, 0.2) is 30.3 Å². The summed E-state index contributed by atoms with van der Waals surface area (Å²) in [5.74, 6) is -0.161. The van der Waals surface area contributed by atoms with Crippen LogP contribution in [0.3, 0.4) is 0 Å². The molecule has 0 amide bonds. The van der Waals surface area contributed by atoms with E-state index in [1.807, 2.05) is 30.3 Å². The van der Waals surface area contributed by atoms with Gasteiger partial charge in [0.2, 0.25) is 0 Å². The van der Waals surface area contributed by atoms with E-state index in [0.29, 0.717) is 19.6 Å². The summed E-state index contributed by atoms with van der Waals surface area (Å²) in [4.78, 5) is 0. The number of benzene rings is 1. The zero-order chi connectivity index (χ0) is 12.6. The summed E-state index contributed by atoms with van der Waals surface area (Å²) in [5, 5.41) is 0. The average Bonchev–Trinajstić information content (AvgIpc) is 2.28. The Balaban J connectivity index is 1.99. The van der Waals surface area contributed by atoms with Gasteiger partial charge in [-0.1, -0.05) is 36.8 Å². The predicted molar refractivity (Wildman–Crippen MR) is 66.4 cm³/mol. The van der Waals surface area contributed by atoms with Gasteiger partial charge in [0.15, 0.2) is 0 Å². The third-order valence-corrected chi connectivity index (χ3v) is 3.11. The lowest BCUT2D eigenvalue weighted by atomic mass is 10.2. The molecule has 0 fully saturated rings. The van der Waals surface area contributed by atoms with E-state index in [-0.39, 0.29) is 5.75 Å². The van der Waals surface area contributed by atoms with E-state index < -0.39 is 10.1 Å². The molecule has 96 valence electrons. The van der Waals surface area contributed by atoms with Gasteiger partial charge in [0.05, 0.1) is 12.4 Å². The lowest BCUT2D eigenvalue weighted by Crippen LogP contribution is -2.04. The van der Waals surface area contributed by atoms with Gasteiger partial charge in [0.1, 0.15) is 0 Å². The largest absolute Gasteiger partial charge is 0.377 e. The van der Waals surface area contributed by atoms with Crippen LogP contribution >= 0.6 is 0 Å². The third-order valence-electron chi connectivity index (χ3n) is 2.30. The average molecular weight is 258 g/mol. The van der Waals surface area contributed by atoms with Gasteiger partial charge >= 0.3 is 0 Å². The highest BCUT2D eigenvalue weighted by Gasteiger charge is 2.02. The van der Waals surface area contributed by atoms with E-state index >= 15 is 0 Å². The normalized spacial score (nSPS) is 11.6. The zero-order valence-corrected chi connectivity index (χ0v) is 10.5. The van der Waals surface area contributed by atoms with E-state index in [0.717, 1.165) is 18.4 Å². The molecule has 17 heavy (non-hydrogen) atoms. The van der Waals surface area contributed by atoms with Gasteiger partial charge in [-0.2, -0.15) is 8.42 Å². The Morgan fingerprint density at radius 3 is 2.41 bits per heavy atom. The van der Waals surface area contributed by atoms with Crippen LogP contribution < -0.4 is 0 Å². The maximum atomic E-state index is 10.4. The van der Waals surface area contributed by atoms with Crippen molar-refractivity contribution in [2.75, 3.05) is 12.4 Å². The van der Waals surface area contributed by atoms with Crippen LogP contribution in [0, 0.1) is 0 Å². The first-order chi connectivity index (χ1) is 8.08. The number of unbranched alkanes of at least 4 members (excludes halogenated alkanes) is 2. The van der Waals surface area contributed by atoms with Gasteiger partial charge in [-0.05, 0) is 18.4 Å². The summed E-state index contributed by atoms with van der Waals surface area (Å²) >= 11 is 0. The molecule has 1 aromatic rings. The summed E-state index contributed by atoms with van der Waals surface area (Å²) in [6.45, 7) is 1.19. The summed E-state index contributed by atoms with van der Waals surface area (Å²) in [6.07, 6.45) is 2.03. The second-order valence-corrected chi connectivity index (χ2v) is 5.46. The third kappa shape index (κ3) is 7.90. The molecule has 1 aromatic carbocycles. The minimum absolute atomic E-state index is 0.161. The molecule has 0 bridgehead atoms. The van der Waals surface area contributed by atoms with Gasteiger partial charge in [-0.15, -0.1) is 0 Å². The van der Waals surface area contributed by atoms with E-state index in [1.165, 1.54) is 0 Å². The Labute approximate surface area is 102 Å². The molecular weight excluding hydrogens is 240 g/mol. The maximum absolute atomic E-state index is 10.4. The van der Waals surface area contributed by atoms with Crippen molar-refractivity contribution in [1.82, 2.24) is 0 Å². The molecule has 0 aliphatic rings. The van der Waals surface area contributed by atoms with Crippen molar-refractivity contribution < 1.29 is 17.7 Å². The van der Waals surface area contributed by atoms with E-state index in [2.05, 4.69) is 0 Å². The fourth-order valence-electron chi connectivity index (χ4n) is 1.43. The predicted octanol–water partition coefficient (Wildman–Crippen LogP) is 2.26. The Kier molecular flexibility index (Phi) is 6.18. The van der Waals surface area contributed by atoms with Gasteiger partial charge < -0.3 is 4.74 Å². The van der Waals surface area contributed by atoms with Gasteiger partial charge in [-0.3, -0.25) is 4.55 Å². The first-order valence-corrected chi connectivity index (χ1v) is 7.26. The number of ether oxygens (including phenoxy) is 1. The minimum Gasteiger partial charge on any atom is -0.377 e. The highest BCUT2D eigenvalue weighted by molar-refractivity contribution is 7.85. The highest BCUT2D eigenvalue weighted by Crippen LogP contribution is 2.03. The van der Waals surface area contributed by atoms with Crippen molar-refractivity contribution in [3.63, 3.8) is 0 Å². The number of rotatable bonds is 8. The van der Waals surface area contributed by atoms with Crippen LogP contribution in [0.25, 0.3) is 0 Å². The molecule has 0 heterocycles. The van der Waals surface area contributed by atoms with Gasteiger partial charge in [-0.25, -0.2) is 0 Å². The van der Waals surface area contributed by atoms with Crippen molar-refractivity contribution in [2.45, 2.75) is 25.9 Å². The Hall–Kier alpha value is -0.910. The molecule has 1 N–H and O–H groups in total. The Bertz CT molecular complexity index is 400. The molecular formula is C12H18O4S. The van der Waals surface area contributed by atoms with Crippen molar-refractivity contribution in [1.29, 1.82) is 0 Å². The lowest BCUT2D eigenvalue weighted by Gasteiger charge is -2.03. The molecule has 5 heteroatoms. The highest BCUT2D eigenvalue weighted by atomic mass is 32.2. The number of hydrogen-bond acceptors (Lipinski definition) is 3. The van der Waals surface area contributed by atoms with Crippen LogP contribution in [-0.4, -0.2) is 25.3 Å².